The molecular weight excluding hydrogens is 394 g/mol. The molecule has 0 bridgehead atoms. The maximum Gasteiger partial charge on any atom is 0.475 e. The molecule has 0 aliphatic carbocycles. The zero-order chi connectivity index (χ0) is 21.8. The number of halogens is 3. The fraction of sp³-hybridized carbons (Fsp3) is 0.625. The molecule has 1 aromatic rings. The van der Waals surface area contributed by atoms with E-state index in [1.165, 1.54) is 4.90 Å². The average molecular weight is 417 g/mol. The zero-order valence-corrected chi connectivity index (χ0v) is 16.0. The Balaban J connectivity index is 1.87. The van der Waals surface area contributed by atoms with Crippen LogP contribution in [0.5, 0.6) is 0 Å². The van der Waals surface area contributed by atoms with Crippen LogP contribution in [0.2, 0.25) is 0 Å². The number of aromatic nitrogens is 2. The van der Waals surface area contributed by atoms with Gasteiger partial charge in [-0.1, -0.05) is 13.8 Å². The van der Waals surface area contributed by atoms with E-state index in [2.05, 4.69) is 20.8 Å². The highest BCUT2D eigenvalue weighted by atomic mass is 19.4. The molecule has 2 heterocycles. The molecule has 0 aromatic carbocycles. The smallest absolute Gasteiger partial charge is 0.426 e. The summed E-state index contributed by atoms with van der Waals surface area (Å²) in [5.74, 6) is -1.68. The van der Waals surface area contributed by atoms with Crippen molar-refractivity contribution < 1.29 is 32.8 Å². The first-order chi connectivity index (χ1) is 13.5. The van der Waals surface area contributed by atoms with Crippen molar-refractivity contribution in [2.24, 2.45) is 5.92 Å². The second-order valence-electron chi connectivity index (χ2n) is 7.21. The second kappa shape index (κ2) is 9.40. The fourth-order valence-corrected chi connectivity index (χ4v) is 2.87. The van der Waals surface area contributed by atoms with Gasteiger partial charge < -0.3 is 25.6 Å². The van der Waals surface area contributed by atoms with E-state index in [0.29, 0.717) is 19.4 Å². The molecule has 1 aliphatic rings. The summed E-state index contributed by atoms with van der Waals surface area (Å²) in [6.45, 7) is 3.76. The van der Waals surface area contributed by atoms with Gasteiger partial charge in [-0.05, 0) is 30.9 Å². The zero-order valence-electron chi connectivity index (χ0n) is 16.0. The van der Waals surface area contributed by atoms with Gasteiger partial charge in [0.1, 0.15) is 6.04 Å². The van der Waals surface area contributed by atoms with E-state index in [9.17, 15) is 32.8 Å². The summed E-state index contributed by atoms with van der Waals surface area (Å²) in [5, 5.41) is 30.2. The minimum atomic E-state index is -4.60. The van der Waals surface area contributed by atoms with Gasteiger partial charge in [-0.3, -0.25) is 9.59 Å². The number of amides is 2. The van der Waals surface area contributed by atoms with Gasteiger partial charge in [0.25, 0.3) is 0 Å². The third-order valence-corrected chi connectivity index (χ3v) is 4.41. The van der Waals surface area contributed by atoms with Crippen LogP contribution in [0.25, 0.3) is 0 Å². The summed E-state index contributed by atoms with van der Waals surface area (Å²) in [6.07, 6.45) is -3.80. The van der Waals surface area contributed by atoms with Crippen molar-refractivity contribution in [3.63, 3.8) is 0 Å². The summed E-state index contributed by atoms with van der Waals surface area (Å²) < 4.78 is 37.7. The Morgan fingerprint density at radius 2 is 2.00 bits per heavy atom. The van der Waals surface area contributed by atoms with Crippen LogP contribution < -0.4 is 15.5 Å². The summed E-state index contributed by atoms with van der Waals surface area (Å²) in [7, 11) is -1.72. The second-order valence-corrected chi connectivity index (χ2v) is 7.21. The molecule has 1 fully saturated rings. The van der Waals surface area contributed by atoms with Crippen LogP contribution in [-0.4, -0.2) is 64.3 Å². The molecule has 2 amide bonds. The molecule has 1 aliphatic heterocycles. The SMILES string of the molecule is CC(C)CC(NC(=O)CNC(=O)[C@@H]1CCN1c1ccc(C(F)(F)F)nn1)B(O)O. The quantitative estimate of drug-likeness (QED) is 0.429. The summed E-state index contributed by atoms with van der Waals surface area (Å²) in [4.78, 5) is 25.7. The maximum atomic E-state index is 12.6. The molecule has 9 nitrogen and oxygen atoms in total. The predicted molar refractivity (Wildman–Crippen MR) is 97.4 cm³/mol. The number of hydrogen-bond acceptors (Lipinski definition) is 7. The molecule has 2 atom stereocenters. The van der Waals surface area contributed by atoms with E-state index in [0.717, 1.165) is 12.1 Å². The van der Waals surface area contributed by atoms with Crippen LogP contribution >= 0.6 is 0 Å². The molecule has 1 saturated heterocycles. The maximum absolute atomic E-state index is 12.6. The highest BCUT2D eigenvalue weighted by Crippen LogP contribution is 2.29. The van der Waals surface area contributed by atoms with Crippen molar-refractivity contribution in [3.8, 4) is 0 Å². The Kier molecular flexibility index (Phi) is 7.41. The standard InChI is InChI=1S/C16H23BF3N5O4/c1-9(2)7-12(17(28)29)22-14(26)8-21-15(27)10-5-6-25(10)13-4-3-11(23-24-13)16(18,19)20/h3-4,9-10,12,28-29H,5-8H2,1-2H3,(H,21,27)(H,22,26)/t10-,12?/m0/s1. The van der Waals surface area contributed by atoms with Gasteiger partial charge in [0.15, 0.2) is 11.5 Å². The van der Waals surface area contributed by atoms with Crippen molar-refractivity contribution >= 4 is 24.8 Å². The number of nitrogens with one attached hydrogen (secondary N) is 2. The first-order valence-electron chi connectivity index (χ1n) is 9.09. The minimum absolute atomic E-state index is 0.116. The fourth-order valence-electron chi connectivity index (χ4n) is 2.87. The molecule has 1 unspecified atom stereocenters. The van der Waals surface area contributed by atoms with Gasteiger partial charge >= 0.3 is 13.3 Å². The van der Waals surface area contributed by atoms with Gasteiger partial charge in [-0.2, -0.15) is 13.2 Å². The Morgan fingerprint density at radius 3 is 2.45 bits per heavy atom. The lowest BCUT2D eigenvalue weighted by molar-refractivity contribution is -0.141. The number of carbonyl (C=O) groups is 2. The first kappa shape index (κ1) is 22.9. The van der Waals surface area contributed by atoms with E-state index in [-0.39, 0.29) is 18.3 Å². The van der Waals surface area contributed by atoms with Crippen LogP contribution in [0.4, 0.5) is 19.0 Å². The lowest BCUT2D eigenvalue weighted by atomic mass is 9.75. The first-order valence-corrected chi connectivity index (χ1v) is 9.09. The Hall–Kier alpha value is -2.41. The van der Waals surface area contributed by atoms with Gasteiger partial charge in [-0.25, -0.2) is 0 Å². The van der Waals surface area contributed by atoms with E-state index in [1.54, 1.807) is 0 Å². The number of anilines is 1. The molecule has 0 saturated carbocycles. The molecule has 4 N–H and O–H groups in total. The molecule has 2 rings (SSSR count). The highest BCUT2D eigenvalue weighted by molar-refractivity contribution is 6.43. The van der Waals surface area contributed by atoms with Gasteiger partial charge in [0, 0.05) is 6.54 Å². The van der Waals surface area contributed by atoms with E-state index in [1.807, 2.05) is 13.8 Å². The van der Waals surface area contributed by atoms with Crippen LogP contribution in [0.1, 0.15) is 32.4 Å². The van der Waals surface area contributed by atoms with Gasteiger partial charge in [-0.15, -0.1) is 10.2 Å². The Bertz CT molecular complexity index is 718. The van der Waals surface area contributed by atoms with Gasteiger partial charge in [0.2, 0.25) is 11.8 Å². The van der Waals surface area contributed by atoms with E-state index in [4.69, 9.17) is 0 Å². The molecule has 29 heavy (non-hydrogen) atoms. The number of alkyl halides is 3. The Labute approximate surface area is 165 Å². The average Bonchev–Trinajstić information content (AvgIpc) is 2.57. The Morgan fingerprint density at radius 1 is 1.31 bits per heavy atom. The van der Waals surface area contributed by atoms with Crippen molar-refractivity contribution in [2.75, 3.05) is 18.0 Å². The number of nitrogens with zero attached hydrogens (tertiary/aromatic N) is 3. The van der Waals surface area contributed by atoms with E-state index >= 15 is 0 Å². The monoisotopic (exact) mass is 417 g/mol. The molecule has 0 spiro atoms. The highest BCUT2D eigenvalue weighted by Gasteiger charge is 2.37. The molecule has 1 aromatic heterocycles. The largest absolute Gasteiger partial charge is 0.475 e. The normalized spacial score (nSPS) is 17.5. The van der Waals surface area contributed by atoms with E-state index < -0.39 is 42.8 Å². The topological polar surface area (TPSA) is 128 Å². The van der Waals surface area contributed by atoms with Gasteiger partial charge in [0.05, 0.1) is 12.5 Å². The summed E-state index contributed by atoms with van der Waals surface area (Å²) in [5.41, 5.74) is -1.12. The molecular formula is C16H23BF3N5O4. The number of hydrogen-bond donors (Lipinski definition) is 4. The molecule has 13 heteroatoms. The number of carbonyl (C=O) groups excluding carboxylic acids is 2. The van der Waals surface area contributed by atoms with Crippen molar-refractivity contribution in [1.82, 2.24) is 20.8 Å². The lowest BCUT2D eigenvalue weighted by Gasteiger charge is -2.40. The number of rotatable bonds is 8. The van der Waals surface area contributed by atoms with Crippen molar-refractivity contribution in [1.29, 1.82) is 0 Å². The minimum Gasteiger partial charge on any atom is -0.426 e. The third-order valence-electron chi connectivity index (χ3n) is 4.41. The summed E-state index contributed by atoms with van der Waals surface area (Å²) in [6, 6.07) is 1.25. The van der Waals surface area contributed by atoms with Crippen LogP contribution in [0, 0.1) is 5.92 Å². The molecule has 160 valence electrons. The summed E-state index contributed by atoms with van der Waals surface area (Å²) >= 11 is 0. The van der Waals surface area contributed by atoms with Crippen LogP contribution in [0.15, 0.2) is 12.1 Å². The van der Waals surface area contributed by atoms with Crippen molar-refractivity contribution in [3.05, 3.63) is 17.8 Å². The lowest BCUT2D eigenvalue weighted by Crippen LogP contribution is -2.58. The van der Waals surface area contributed by atoms with Crippen LogP contribution in [-0.2, 0) is 15.8 Å². The predicted octanol–water partition coefficient (Wildman–Crippen LogP) is -0.267. The third kappa shape index (κ3) is 6.29. The van der Waals surface area contributed by atoms with Crippen molar-refractivity contribution in [2.45, 2.75) is 44.8 Å². The van der Waals surface area contributed by atoms with Crippen LogP contribution in [0.3, 0.4) is 0 Å². The molecule has 0 radical (unpaired) electrons.